The van der Waals surface area contributed by atoms with Gasteiger partial charge in [0, 0.05) is 41.6 Å². The van der Waals surface area contributed by atoms with Gasteiger partial charge < -0.3 is 34.7 Å². The standard InChI is InChI=1S/C37H39N3O5/c1-39-10-8-35-22-14-20-21-15-37(43)26-13-19-5-7-25(42)32-28(19)36(37,9-11-40(26)16-17-2-3-17)34(45-32)30(21)38-29(20)33(35)44-31-24(41)6-4-18(27(31)35)12-23(22)39/h4-7,17,22-23,26,33-34,38,41-43H,2-3,8-16H2,1H3/t22-,23+,26-,33-,34-,35-,36-,37+/m0/s1. The molecule has 12 rings (SSSR count). The SMILES string of the molecule is CN1CC[C@]23c4c5ccc(O)c4O[C@H]2c2[nH]c4c(c2C[C@H]3[C@H]1C5)C[C@@]1(O)[C@@H]2Cc3ccc(O)c5c3[C@@]1(CCN2CC1CC1)[C@H]4O5. The molecular formula is C37H39N3O5. The zero-order chi connectivity index (χ0) is 29.8. The van der Waals surface area contributed by atoms with Crippen LogP contribution in [0.5, 0.6) is 23.0 Å². The lowest BCUT2D eigenvalue weighted by Crippen LogP contribution is -2.74. The number of hydrogen-bond donors (Lipinski definition) is 4. The maximum absolute atomic E-state index is 13.4. The smallest absolute Gasteiger partial charge is 0.166 e. The number of phenols is 2. The van der Waals surface area contributed by atoms with Crippen molar-refractivity contribution < 1.29 is 24.8 Å². The zero-order valence-corrected chi connectivity index (χ0v) is 25.6. The van der Waals surface area contributed by atoms with Crippen LogP contribution in [0.1, 0.15) is 82.7 Å². The topological polar surface area (TPSA) is 101 Å². The lowest BCUT2D eigenvalue weighted by atomic mass is 9.48. The predicted molar refractivity (Wildman–Crippen MR) is 164 cm³/mol. The van der Waals surface area contributed by atoms with Crippen molar-refractivity contribution in [1.29, 1.82) is 0 Å². The molecule has 4 aliphatic heterocycles. The van der Waals surface area contributed by atoms with Crippen LogP contribution >= 0.6 is 0 Å². The number of likely N-dealkylation sites (tertiary alicyclic amines) is 2. The molecule has 1 saturated carbocycles. The van der Waals surface area contributed by atoms with E-state index in [1.165, 1.54) is 40.7 Å². The fraction of sp³-hybridized carbons (Fsp3) is 0.568. The van der Waals surface area contributed by atoms with Crippen molar-refractivity contribution in [3.05, 3.63) is 69.0 Å². The lowest BCUT2D eigenvalue weighted by molar-refractivity contribution is -0.173. The summed E-state index contributed by atoms with van der Waals surface area (Å²) in [6, 6.07) is 8.24. The zero-order valence-electron chi connectivity index (χ0n) is 25.6. The molecule has 2 spiro atoms. The molecule has 2 aromatic carbocycles. The Morgan fingerprint density at radius 2 is 1.60 bits per heavy atom. The molecule has 4 N–H and O–H groups in total. The van der Waals surface area contributed by atoms with Gasteiger partial charge in [0.2, 0.25) is 0 Å². The number of aromatic amines is 1. The van der Waals surface area contributed by atoms with Crippen LogP contribution in [0.15, 0.2) is 24.3 Å². The van der Waals surface area contributed by atoms with Crippen LogP contribution in [0.3, 0.4) is 0 Å². The Balaban J connectivity index is 1.09. The lowest BCUT2D eigenvalue weighted by Gasteiger charge is -2.63. The average Bonchev–Trinajstić information content (AvgIpc) is 3.52. The first-order valence-electron chi connectivity index (χ1n) is 17.3. The van der Waals surface area contributed by atoms with E-state index >= 15 is 0 Å². The molecule has 232 valence electrons. The summed E-state index contributed by atoms with van der Waals surface area (Å²) < 4.78 is 13.8. The van der Waals surface area contributed by atoms with Crippen LogP contribution in [0.4, 0.5) is 0 Å². The van der Waals surface area contributed by atoms with Gasteiger partial charge in [-0.05, 0) is 111 Å². The number of nitrogens with zero attached hydrogens (tertiary/aromatic N) is 2. The molecule has 45 heavy (non-hydrogen) atoms. The summed E-state index contributed by atoms with van der Waals surface area (Å²) in [5.74, 6) is 2.79. The third-order valence-corrected chi connectivity index (χ3v) is 14.6. The number of hydrogen-bond acceptors (Lipinski definition) is 7. The maximum atomic E-state index is 13.4. The summed E-state index contributed by atoms with van der Waals surface area (Å²) in [5.41, 5.74) is 7.77. The summed E-state index contributed by atoms with van der Waals surface area (Å²) in [7, 11) is 2.27. The predicted octanol–water partition coefficient (Wildman–Crippen LogP) is 3.93. The summed E-state index contributed by atoms with van der Waals surface area (Å²) in [5, 5.41) is 35.6. The fourth-order valence-corrected chi connectivity index (χ4v) is 12.6. The largest absolute Gasteiger partial charge is 0.504 e. The minimum Gasteiger partial charge on any atom is -0.504 e. The van der Waals surface area contributed by atoms with Crippen LogP contribution in [-0.2, 0) is 36.5 Å². The van der Waals surface area contributed by atoms with Gasteiger partial charge in [-0.1, -0.05) is 12.1 Å². The average molecular weight is 606 g/mol. The second-order valence-corrected chi connectivity index (χ2v) is 16.1. The van der Waals surface area contributed by atoms with E-state index < -0.39 is 11.0 Å². The first-order chi connectivity index (χ1) is 21.8. The van der Waals surface area contributed by atoms with E-state index in [0.717, 1.165) is 74.6 Å². The molecule has 9 aliphatic rings. The van der Waals surface area contributed by atoms with Crippen LogP contribution < -0.4 is 9.47 Å². The molecule has 5 aliphatic carbocycles. The van der Waals surface area contributed by atoms with Gasteiger partial charge >= 0.3 is 0 Å². The van der Waals surface area contributed by atoms with E-state index in [0.29, 0.717) is 29.9 Å². The molecule has 8 nitrogen and oxygen atoms in total. The number of aromatic hydroxyl groups is 2. The first kappa shape index (κ1) is 25.0. The number of phenolic OH excluding ortho intramolecular Hbond substituents is 2. The van der Waals surface area contributed by atoms with E-state index in [2.05, 4.69) is 34.0 Å². The first-order valence-corrected chi connectivity index (χ1v) is 17.3. The number of benzene rings is 2. The van der Waals surface area contributed by atoms with E-state index in [4.69, 9.17) is 9.47 Å². The Bertz CT molecular complexity index is 1900. The molecule has 0 radical (unpaired) electrons. The Labute approximate surface area is 261 Å². The summed E-state index contributed by atoms with van der Waals surface area (Å²) in [6.45, 7) is 3.01. The van der Waals surface area contributed by atoms with Gasteiger partial charge in [-0.15, -0.1) is 0 Å². The molecule has 5 heterocycles. The third-order valence-electron chi connectivity index (χ3n) is 14.6. The Morgan fingerprint density at radius 3 is 2.40 bits per heavy atom. The van der Waals surface area contributed by atoms with Crippen molar-refractivity contribution in [3.63, 3.8) is 0 Å². The van der Waals surface area contributed by atoms with E-state index in [1.54, 1.807) is 6.07 Å². The summed E-state index contributed by atoms with van der Waals surface area (Å²) in [6.07, 6.45) is 7.08. The van der Waals surface area contributed by atoms with E-state index in [9.17, 15) is 15.3 Å². The molecule has 1 aromatic heterocycles. The van der Waals surface area contributed by atoms with Crippen molar-refractivity contribution in [2.45, 2.75) is 92.1 Å². The number of aromatic nitrogens is 1. The van der Waals surface area contributed by atoms with Gasteiger partial charge in [0.25, 0.3) is 0 Å². The summed E-state index contributed by atoms with van der Waals surface area (Å²) in [4.78, 5) is 9.12. The molecule has 3 fully saturated rings. The van der Waals surface area contributed by atoms with E-state index in [1.807, 2.05) is 6.07 Å². The highest BCUT2D eigenvalue weighted by molar-refractivity contribution is 5.67. The number of aliphatic hydroxyl groups is 1. The quantitative estimate of drug-likeness (QED) is 0.351. The molecule has 0 amide bonds. The number of likely N-dealkylation sites (N-methyl/N-ethyl adjacent to an activating group) is 1. The van der Waals surface area contributed by atoms with Gasteiger partial charge in [0.05, 0.1) is 22.4 Å². The number of H-pyrrole nitrogens is 1. The Morgan fingerprint density at radius 1 is 0.867 bits per heavy atom. The molecule has 3 aromatic rings. The molecule has 0 unspecified atom stereocenters. The number of fused-ring (bicyclic) bond motifs is 5. The molecule has 4 bridgehead atoms. The highest BCUT2D eigenvalue weighted by Crippen LogP contribution is 2.72. The molecule has 8 heteroatoms. The minimum absolute atomic E-state index is 0.0151. The maximum Gasteiger partial charge on any atom is 0.166 e. The fourth-order valence-electron chi connectivity index (χ4n) is 12.6. The normalized spacial score (nSPS) is 40.6. The molecule has 2 saturated heterocycles. The van der Waals surface area contributed by atoms with Crippen molar-refractivity contribution >= 4 is 0 Å². The highest BCUT2D eigenvalue weighted by Gasteiger charge is 2.74. The second-order valence-electron chi connectivity index (χ2n) is 16.1. The molecular weight excluding hydrogens is 566 g/mol. The minimum atomic E-state index is -1.00. The van der Waals surface area contributed by atoms with Crippen LogP contribution in [0.25, 0.3) is 0 Å². The number of rotatable bonds is 2. The number of nitrogens with one attached hydrogen (secondary N) is 1. The highest BCUT2D eigenvalue weighted by atomic mass is 16.5. The monoisotopic (exact) mass is 605 g/mol. The van der Waals surface area contributed by atoms with Crippen molar-refractivity contribution in [2.24, 2.45) is 11.8 Å². The third kappa shape index (κ3) is 2.53. The number of piperidine rings is 2. The van der Waals surface area contributed by atoms with Gasteiger partial charge in [0.15, 0.2) is 29.1 Å². The summed E-state index contributed by atoms with van der Waals surface area (Å²) >= 11 is 0. The van der Waals surface area contributed by atoms with Crippen molar-refractivity contribution in [1.82, 2.24) is 14.8 Å². The van der Waals surface area contributed by atoms with Gasteiger partial charge in [-0.3, -0.25) is 4.90 Å². The van der Waals surface area contributed by atoms with Crippen LogP contribution in [0.2, 0.25) is 0 Å². The number of ether oxygens (including phenoxy) is 2. The Kier molecular flexibility index (Phi) is 4.16. The molecule has 8 atom stereocenters. The van der Waals surface area contributed by atoms with Crippen molar-refractivity contribution in [3.8, 4) is 23.0 Å². The van der Waals surface area contributed by atoms with Crippen LogP contribution in [-0.4, -0.2) is 74.5 Å². The van der Waals surface area contributed by atoms with Crippen molar-refractivity contribution in [2.75, 3.05) is 26.7 Å². The van der Waals surface area contributed by atoms with Gasteiger partial charge in [0.1, 0.15) is 6.10 Å². The Hall–Kier alpha value is -3.20. The van der Waals surface area contributed by atoms with E-state index in [-0.39, 0.29) is 35.2 Å². The second kappa shape index (κ2) is 7.50. The van der Waals surface area contributed by atoms with Gasteiger partial charge in [-0.25, -0.2) is 0 Å². The van der Waals surface area contributed by atoms with Gasteiger partial charge in [-0.2, -0.15) is 0 Å². The van der Waals surface area contributed by atoms with Crippen LogP contribution in [0, 0.1) is 11.8 Å².